The molecule has 2 atom stereocenters. The van der Waals surface area contributed by atoms with Crippen molar-refractivity contribution in [2.45, 2.75) is 51.7 Å². The predicted molar refractivity (Wildman–Crippen MR) is 114 cm³/mol. The van der Waals surface area contributed by atoms with Crippen LogP contribution in [0.3, 0.4) is 0 Å². The predicted octanol–water partition coefficient (Wildman–Crippen LogP) is 3.29. The van der Waals surface area contributed by atoms with Gasteiger partial charge in [0.15, 0.2) is 15.8 Å². The molecule has 1 aliphatic rings. The molecule has 1 saturated heterocycles. The summed E-state index contributed by atoms with van der Waals surface area (Å²) < 4.78 is 23.9. The molecule has 0 bridgehead atoms. The first-order valence-electron chi connectivity index (χ1n) is 9.96. The van der Waals surface area contributed by atoms with Crippen molar-refractivity contribution in [2.75, 3.05) is 31.9 Å². The van der Waals surface area contributed by atoms with Crippen LogP contribution in [0.1, 0.15) is 52.5 Å². The van der Waals surface area contributed by atoms with Gasteiger partial charge in [-0.15, -0.1) is 0 Å². The van der Waals surface area contributed by atoms with Crippen LogP contribution in [0.25, 0.3) is 0 Å². The van der Waals surface area contributed by atoms with E-state index in [0.717, 1.165) is 32.0 Å². The molecule has 2 rings (SSSR count). The molecule has 0 radical (unpaired) electrons. The number of sulfone groups is 1. The molecular formula is C21H35N3O2S. The summed E-state index contributed by atoms with van der Waals surface area (Å²) in [5.74, 6) is 2.00. The van der Waals surface area contributed by atoms with E-state index in [0.29, 0.717) is 18.4 Å². The number of aliphatic imine (C=N–C) groups is 1. The molecule has 0 amide bonds. The highest BCUT2D eigenvalue weighted by atomic mass is 32.2. The fourth-order valence-corrected chi connectivity index (χ4v) is 4.48. The smallest absolute Gasteiger partial charge is 0.193 e. The highest BCUT2D eigenvalue weighted by molar-refractivity contribution is 7.92. The summed E-state index contributed by atoms with van der Waals surface area (Å²) in [5.41, 5.74) is 1.41. The maximum atomic E-state index is 12.3. The molecule has 0 spiro atoms. The van der Waals surface area contributed by atoms with E-state index in [1.807, 2.05) is 6.92 Å². The van der Waals surface area contributed by atoms with Crippen LogP contribution in [0.15, 0.2) is 35.3 Å². The average molecular weight is 394 g/mol. The van der Waals surface area contributed by atoms with Crippen LogP contribution in [0.2, 0.25) is 0 Å². The maximum absolute atomic E-state index is 12.3. The Kier molecular flexibility index (Phi) is 7.32. The second kappa shape index (κ2) is 9.09. The second-order valence-corrected chi connectivity index (χ2v) is 11.3. The summed E-state index contributed by atoms with van der Waals surface area (Å²) in [6.45, 7) is 12.5. The van der Waals surface area contributed by atoms with E-state index in [-0.39, 0.29) is 5.75 Å². The van der Waals surface area contributed by atoms with Gasteiger partial charge in [-0.2, -0.15) is 0 Å². The van der Waals surface area contributed by atoms with Crippen LogP contribution in [-0.4, -0.2) is 56.0 Å². The number of guanidine groups is 1. The van der Waals surface area contributed by atoms with Gasteiger partial charge in [0, 0.05) is 19.6 Å². The zero-order valence-electron chi connectivity index (χ0n) is 17.4. The molecule has 6 heteroatoms. The molecule has 1 aromatic rings. The fraction of sp³-hybridized carbons (Fsp3) is 0.667. The first-order valence-corrected chi connectivity index (χ1v) is 11.6. The Morgan fingerprint density at radius 3 is 2.48 bits per heavy atom. The standard InChI is InChI=1S/C21H35N3O2S/c1-6-22-20(23-13-15-27(25,26)21(3,4)5)24-14-12-19(17(2)16-24)18-10-8-7-9-11-18/h7-11,17,19H,6,12-16H2,1-5H3,(H,22,23). The summed E-state index contributed by atoms with van der Waals surface area (Å²) in [7, 11) is -3.15. The fourth-order valence-electron chi connectivity index (χ4n) is 3.54. The summed E-state index contributed by atoms with van der Waals surface area (Å²) in [6.07, 6.45) is 1.08. The van der Waals surface area contributed by atoms with E-state index >= 15 is 0 Å². The van der Waals surface area contributed by atoms with Crippen LogP contribution in [0.5, 0.6) is 0 Å². The number of nitrogens with zero attached hydrogens (tertiary/aromatic N) is 2. The lowest BCUT2D eigenvalue weighted by molar-refractivity contribution is 0.234. The number of hydrogen-bond donors (Lipinski definition) is 1. The highest BCUT2D eigenvalue weighted by Gasteiger charge is 2.30. The molecule has 1 fully saturated rings. The zero-order valence-corrected chi connectivity index (χ0v) is 18.2. The number of hydrogen-bond acceptors (Lipinski definition) is 3. The number of nitrogens with one attached hydrogen (secondary N) is 1. The third-order valence-corrected chi connectivity index (χ3v) is 7.91. The van der Waals surface area contributed by atoms with E-state index in [1.54, 1.807) is 20.8 Å². The number of piperidine rings is 1. The molecule has 152 valence electrons. The first-order chi connectivity index (χ1) is 12.7. The van der Waals surface area contributed by atoms with Crippen LogP contribution < -0.4 is 5.32 Å². The SMILES string of the molecule is CCNC(=NCCS(=O)(=O)C(C)(C)C)N1CCC(c2ccccc2)C(C)C1. The van der Waals surface area contributed by atoms with Gasteiger partial charge < -0.3 is 10.2 Å². The van der Waals surface area contributed by atoms with Crippen molar-refractivity contribution in [2.24, 2.45) is 10.9 Å². The monoisotopic (exact) mass is 393 g/mol. The molecule has 27 heavy (non-hydrogen) atoms. The van der Waals surface area contributed by atoms with Crippen molar-refractivity contribution in [3.05, 3.63) is 35.9 Å². The highest BCUT2D eigenvalue weighted by Crippen LogP contribution is 2.32. The van der Waals surface area contributed by atoms with Gasteiger partial charge in [0.25, 0.3) is 0 Å². The Hall–Kier alpha value is -1.56. The minimum absolute atomic E-state index is 0.0848. The van der Waals surface area contributed by atoms with Crippen LogP contribution in [0, 0.1) is 5.92 Å². The molecule has 1 heterocycles. The summed E-state index contributed by atoms with van der Waals surface area (Å²) in [5, 5.41) is 3.33. The normalized spacial score (nSPS) is 22.0. The van der Waals surface area contributed by atoms with E-state index in [9.17, 15) is 8.42 Å². The van der Waals surface area contributed by atoms with Crippen molar-refractivity contribution in [3.63, 3.8) is 0 Å². The third-order valence-electron chi connectivity index (χ3n) is 5.32. The quantitative estimate of drug-likeness (QED) is 0.616. The van der Waals surface area contributed by atoms with Gasteiger partial charge in [-0.05, 0) is 51.5 Å². The number of benzene rings is 1. The zero-order chi connectivity index (χ0) is 20.1. The number of rotatable bonds is 5. The lowest BCUT2D eigenvalue weighted by atomic mass is 9.82. The minimum Gasteiger partial charge on any atom is -0.357 e. The summed E-state index contributed by atoms with van der Waals surface area (Å²) in [4.78, 5) is 6.90. The molecule has 1 aromatic carbocycles. The maximum Gasteiger partial charge on any atom is 0.193 e. The average Bonchev–Trinajstić information content (AvgIpc) is 2.60. The van der Waals surface area contributed by atoms with Crippen molar-refractivity contribution < 1.29 is 8.42 Å². The molecule has 1 N–H and O–H groups in total. The van der Waals surface area contributed by atoms with Gasteiger partial charge in [0.1, 0.15) is 0 Å². The Morgan fingerprint density at radius 2 is 1.93 bits per heavy atom. The van der Waals surface area contributed by atoms with Gasteiger partial charge in [-0.3, -0.25) is 4.99 Å². The molecule has 0 aliphatic carbocycles. The summed E-state index contributed by atoms with van der Waals surface area (Å²) in [6, 6.07) is 10.7. The molecular weight excluding hydrogens is 358 g/mol. The van der Waals surface area contributed by atoms with Gasteiger partial charge in [0.2, 0.25) is 0 Å². The van der Waals surface area contributed by atoms with E-state index in [2.05, 4.69) is 52.5 Å². The molecule has 0 aromatic heterocycles. The van der Waals surface area contributed by atoms with Gasteiger partial charge in [0.05, 0.1) is 17.0 Å². The Balaban J connectivity index is 2.03. The topological polar surface area (TPSA) is 61.8 Å². The van der Waals surface area contributed by atoms with Crippen molar-refractivity contribution >= 4 is 15.8 Å². The van der Waals surface area contributed by atoms with Crippen LogP contribution >= 0.6 is 0 Å². The lowest BCUT2D eigenvalue weighted by Crippen LogP contribution is -2.48. The van der Waals surface area contributed by atoms with Crippen LogP contribution in [0.4, 0.5) is 0 Å². The van der Waals surface area contributed by atoms with E-state index in [4.69, 9.17) is 0 Å². The Morgan fingerprint density at radius 1 is 1.26 bits per heavy atom. The largest absolute Gasteiger partial charge is 0.357 e. The second-order valence-electron chi connectivity index (χ2n) is 8.40. The summed E-state index contributed by atoms with van der Waals surface area (Å²) >= 11 is 0. The third kappa shape index (κ3) is 5.71. The Bertz CT molecular complexity index is 724. The molecule has 0 saturated carbocycles. The van der Waals surface area contributed by atoms with E-state index in [1.165, 1.54) is 5.56 Å². The number of likely N-dealkylation sites (tertiary alicyclic amines) is 1. The van der Waals surface area contributed by atoms with Crippen molar-refractivity contribution in [1.82, 2.24) is 10.2 Å². The first kappa shape index (κ1) is 21.7. The lowest BCUT2D eigenvalue weighted by Gasteiger charge is -2.39. The van der Waals surface area contributed by atoms with Crippen molar-refractivity contribution in [3.8, 4) is 0 Å². The molecule has 1 aliphatic heterocycles. The van der Waals surface area contributed by atoms with Gasteiger partial charge in [-0.25, -0.2) is 8.42 Å². The molecule has 5 nitrogen and oxygen atoms in total. The van der Waals surface area contributed by atoms with E-state index < -0.39 is 14.6 Å². The van der Waals surface area contributed by atoms with Gasteiger partial charge >= 0.3 is 0 Å². The van der Waals surface area contributed by atoms with Crippen molar-refractivity contribution in [1.29, 1.82) is 0 Å². The van der Waals surface area contributed by atoms with Gasteiger partial charge in [-0.1, -0.05) is 37.3 Å². The van der Waals surface area contributed by atoms with Crippen LogP contribution in [-0.2, 0) is 9.84 Å². The molecule has 2 unspecified atom stereocenters. The minimum atomic E-state index is -3.15. The Labute approximate surface area is 165 Å².